The molecule has 1 atom stereocenters. The normalized spacial score (nSPS) is 30.1. The number of rotatable bonds is 1. The fraction of sp³-hybridized carbons (Fsp3) is 0.800. The largest absolute Gasteiger partial charge is 0.313 e. The van der Waals surface area contributed by atoms with E-state index in [0.717, 1.165) is 5.06 Å². The van der Waals surface area contributed by atoms with Gasteiger partial charge in [0.05, 0.1) is 0 Å². The maximum absolute atomic E-state index is 10.7. The van der Waals surface area contributed by atoms with Crippen LogP contribution in [0, 0.1) is 0 Å². The Bertz CT molecular complexity index is 107. The van der Waals surface area contributed by atoms with E-state index in [1.807, 2.05) is 0 Å². The van der Waals surface area contributed by atoms with Crippen molar-refractivity contribution in [1.82, 2.24) is 10.4 Å². The molecule has 9 heavy (non-hydrogen) atoms. The number of hydrogen-bond donors (Lipinski definition) is 1. The van der Waals surface area contributed by atoms with Crippen LogP contribution in [0.1, 0.15) is 0 Å². The first-order chi connectivity index (χ1) is 4.34. The topological polar surface area (TPSA) is 52.2 Å². The summed E-state index contributed by atoms with van der Waals surface area (Å²) in [5.41, 5.74) is 0. The Labute approximate surface area is 53.4 Å². The summed E-state index contributed by atoms with van der Waals surface area (Å²) in [7, 11) is 0. The van der Waals surface area contributed by atoms with Gasteiger partial charge in [-0.05, 0) is 0 Å². The molecule has 1 fully saturated rings. The molecule has 0 spiro atoms. The lowest BCUT2D eigenvalue weighted by Gasteiger charge is -2.24. The molecule has 1 aliphatic heterocycles. The molecule has 1 rings (SSSR count). The van der Waals surface area contributed by atoms with E-state index in [1.54, 1.807) is 0 Å². The lowest BCUT2D eigenvalue weighted by Crippen LogP contribution is -2.49. The Kier molecular flexibility index (Phi) is 2.16. The average Bonchev–Trinajstić information content (AvgIpc) is 1.89. The van der Waals surface area contributed by atoms with Gasteiger partial charge >= 0.3 is 0 Å². The van der Waals surface area contributed by atoms with E-state index in [1.165, 1.54) is 0 Å². The predicted molar refractivity (Wildman–Crippen MR) is 30.1 cm³/mol. The van der Waals surface area contributed by atoms with Crippen LogP contribution >= 0.6 is 0 Å². The fourth-order valence-corrected chi connectivity index (χ4v) is 0.823. The van der Waals surface area contributed by atoms with Crippen LogP contribution in [0.25, 0.3) is 0 Å². The summed E-state index contributed by atoms with van der Waals surface area (Å²) in [6.45, 7) is 1.60. The van der Waals surface area contributed by atoms with Crippen LogP contribution < -0.4 is 5.32 Å². The number of carbonyl (C=O) groups is 1. The van der Waals surface area contributed by atoms with Crippen LogP contribution in [0.2, 0.25) is 0 Å². The van der Waals surface area contributed by atoms with Gasteiger partial charge in [-0.2, -0.15) is 0 Å². The molecule has 1 unspecified atom stereocenters. The average molecular weight is 129 g/mol. The SMILES string of the molecule is [O]N1CCNCC1C=O. The third-order valence-corrected chi connectivity index (χ3v) is 1.39. The highest BCUT2D eigenvalue weighted by Crippen LogP contribution is 1.94. The molecule has 1 saturated heterocycles. The Morgan fingerprint density at radius 1 is 1.67 bits per heavy atom. The molecule has 1 radical (unpaired) electrons. The van der Waals surface area contributed by atoms with E-state index >= 15 is 0 Å². The van der Waals surface area contributed by atoms with E-state index in [2.05, 4.69) is 5.32 Å². The number of piperazine rings is 1. The van der Waals surface area contributed by atoms with Crippen molar-refractivity contribution < 1.29 is 10.0 Å². The summed E-state index contributed by atoms with van der Waals surface area (Å²) in [4.78, 5) is 10.1. The molecule has 4 nitrogen and oxygen atoms in total. The van der Waals surface area contributed by atoms with Gasteiger partial charge in [0.2, 0.25) is 0 Å². The van der Waals surface area contributed by atoms with Gasteiger partial charge in [0.15, 0.2) is 0 Å². The summed E-state index contributed by atoms with van der Waals surface area (Å²) in [6.07, 6.45) is 0.680. The molecule has 0 aromatic carbocycles. The van der Waals surface area contributed by atoms with Crippen molar-refractivity contribution in [3.05, 3.63) is 0 Å². The van der Waals surface area contributed by atoms with Crippen molar-refractivity contribution in [2.24, 2.45) is 0 Å². The number of nitrogens with one attached hydrogen (secondary N) is 1. The van der Waals surface area contributed by atoms with Crippen molar-refractivity contribution in [3.8, 4) is 0 Å². The molecule has 1 aliphatic rings. The second-order valence-corrected chi connectivity index (χ2v) is 2.05. The summed E-state index contributed by atoms with van der Waals surface area (Å²) >= 11 is 0. The molecular weight excluding hydrogens is 120 g/mol. The molecule has 4 heteroatoms. The zero-order valence-electron chi connectivity index (χ0n) is 5.04. The van der Waals surface area contributed by atoms with Gasteiger partial charge in [0, 0.05) is 19.6 Å². The smallest absolute Gasteiger partial charge is 0.140 e. The Morgan fingerprint density at radius 3 is 2.89 bits per heavy atom. The summed E-state index contributed by atoms with van der Waals surface area (Å²) < 4.78 is 0. The molecule has 0 amide bonds. The first kappa shape index (κ1) is 6.67. The van der Waals surface area contributed by atoms with E-state index in [0.29, 0.717) is 25.9 Å². The minimum atomic E-state index is -0.459. The molecule has 0 aliphatic carbocycles. The molecular formula is C5H9N2O2. The van der Waals surface area contributed by atoms with Gasteiger partial charge in [-0.25, -0.2) is 0 Å². The molecule has 0 aromatic rings. The molecule has 51 valence electrons. The molecule has 0 aromatic heterocycles. The van der Waals surface area contributed by atoms with Crippen LogP contribution in [-0.4, -0.2) is 37.0 Å². The van der Waals surface area contributed by atoms with E-state index in [4.69, 9.17) is 0 Å². The van der Waals surface area contributed by atoms with E-state index in [9.17, 15) is 10.0 Å². The minimum absolute atomic E-state index is 0.420. The third kappa shape index (κ3) is 1.48. The number of hydroxylamine groups is 2. The quantitative estimate of drug-likeness (QED) is 0.453. The predicted octanol–water partition coefficient (Wildman–Crippen LogP) is -1.20. The van der Waals surface area contributed by atoms with E-state index in [-0.39, 0.29) is 0 Å². The van der Waals surface area contributed by atoms with Crippen LogP contribution in [0.4, 0.5) is 0 Å². The van der Waals surface area contributed by atoms with Crippen molar-refractivity contribution in [1.29, 1.82) is 0 Å². The number of aldehydes is 1. The molecule has 1 heterocycles. The highest BCUT2D eigenvalue weighted by atomic mass is 16.5. The van der Waals surface area contributed by atoms with Gasteiger partial charge in [-0.1, -0.05) is 0 Å². The number of hydrogen-bond acceptors (Lipinski definition) is 3. The van der Waals surface area contributed by atoms with Gasteiger partial charge in [-0.3, -0.25) is 0 Å². The summed E-state index contributed by atoms with van der Waals surface area (Å²) in [5, 5.41) is 14.4. The lowest BCUT2D eigenvalue weighted by molar-refractivity contribution is -0.190. The molecule has 1 N–H and O–H groups in total. The van der Waals surface area contributed by atoms with E-state index < -0.39 is 6.04 Å². The monoisotopic (exact) mass is 129 g/mol. The highest BCUT2D eigenvalue weighted by molar-refractivity contribution is 5.57. The van der Waals surface area contributed by atoms with Crippen LogP contribution in [-0.2, 0) is 10.0 Å². The van der Waals surface area contributed by atoms with Gasteiger partial charge in [-0.15, -0.1) is 10.3 Å². The zero-order valence-corrected chi connectivity index (χ0v) is 5.04. The zero-order chi connectivity index (χ0) is 6.69. The summed E-state index contributed by atoms with van der Waals surface area (Å²) in [6, 6.07) is -0.459. The molecule has 0 bridgehead atoms. The van der Waals surface area contributed by atoms with Crippen LogP contribution in [0.5, 0.6) is 0 Å². The van der Waals surface area contributed by atoms with Gasteiger partial charge in [0.25, 0.3) is 0 Å². The van der Waals surface area contributed by atoms with Crippen molar-refractivity contribution in [2.75, 3.05) is 19.6 Å². The first-order valence-corrected chi connectivity index (χ1v) is 2.94. The highest BCUT2D eigenvalue weighted by Gasteiger charge is 2.19. The second kappa shape index (κ2) is 2.91. The van der Waals surface area contributed by atoms with Crippen molar-refractivity contribution in [3.63, 3.8) is 0 Å². The Morgan fingerprint density at radius 2 is 2.44 bits per heavy atom. The first-order valence-electron chi connectivity index (χ1n) is 2.94. The van der Waals surface area contributed by atoms with Gasteiger partial charge < -0.3 is 10.1 Å². The third-order valence-electron chi connectivity index (χ3n) is 1.39. The maximum Gasteiger partial charge on any atom is 0.140 e. The Balaban J connectivity index is 2.38. The molecule has 0 saturated carbocycles. The standard InChI is InChI=1S/C5H9N2O2/c8-4-5-3-6-1-2-7(5)9/h4-6H,1-3H2. The Hall–Kier alpha value is -0.450. The fourth-order valence-electron chi connectivity index (χ4n) is 0.823. The second-order valence-electron chi connectivity index (χ2n) is 2.05. The van der Waals surface area contributed by atoms with Gasteiger partial charge in [0.1, 0.15) is 12.3 Å². The number of nitrogens with zero attached hydrogens (tertiary/aromatic N) is 1. The van der Waals surface area contributed by atoms with Crippen LogP contribution in [0.3, 0.4) is 0 Å². The lowest BCUT2D eigenvalue weighted by atomic mass is 10.2. The summed E-state index contributed by atoms with van der Waals surface area (Å²) in [5.74, 6) is 0. The van der Waals surface area contributed by atoms with Crippen molar-refractivity contribution >= 4 is 6.29 Å². The van der Waals surface area contributed by atoms with Crippen LogP contribution in [0.15, 0.2) is 0 Å². The minimum Gasteiger partial charge on any atom is -0.313 e. The van der Waals surface area contributed by atoms with Crippen molar-refractivity contribution in [2.45, 2.75) is 6.04 Å². The maximum atomic E-state index is 10.7. The number of carbonyl (C=O) groups excluding carboxylic acids is 1.